The van der Waals surface area contributed by atoms with E-state index in [4.69, 9.17) is 46.3 Å². The molecule has 0 spiro atoms. The maximum atomic E-state index is 10.4. The minimum absolute atomic E-state index is 0.0169. The zero-order valence-electron chi connectivity index (χ0n) is 28.9. The average molecular weight is 713 g/mol. The highest BCUT2D eigenvalue weighted by atomic mass is 35.5. The van der Waals surface area contributed by atoms with E-state index in [2.05, 4.69) is 73.0 Å². The monoisotopic (exact) mass is 711 g/mol. The van der Waals surface area contributed by atoms with Gasteiger partial charge in [0.05, 0.1) is 37.8 Å². The van der Waals surface area contributed by atoms with Gasteiger partial charge in [-0.05, 0) is 41.8 Å². The highest BCUT2D eigenvalue weighted by molar-refractivity contribution is 6.74. The SMILES string of the molecule is CC(C)(C)[Si](C)(C)OC[C@@H]1OC[C@H](NCc2ccccc2)[C@@H](O)[C@@H]1O.CC(C)(C)[Si](C)(C)OC[C@@H]1OC[C@H]2O[C@H]2[C@@H]1O.ClCCl. The summed E-state index contributed by atoms with van der Waals surface area (Å²) in [6.07, 6.45) is -2.96. The largest absolute Gasteiger partial charge is 0.414 e. The Morgan fingerprint density at radius 2 is 1.24 bits per heavy atom. The normalized spacial score (nSPS) is 30.3. The highest BCUT2D eigenvalue weighted by Crippen LogP contribution is 2.39. The maximum Gasteiger partial charge on any atom is 0.192 e. The standard InChI is InChI=1S/C19H33NO4Si.C12H24O4Si.CH2Cl2/c1-19(2,3)25(4,5)24-13-16-18(22)17(21)15(12-23-16)20-11-14-9-7-6-8-10-14;1-12(2,3)17(4,5)15-7-8-10(13)11-9(16-11)6-14-8;2-1-3/h6-10,15-18,20-22H,11-13H2,1-5H3;8-11,13H,6-7H2,1-5H3;1H2/t15-,16-,17+,18+;8-,9+,10+,11+;/m00./s1. The van der Waals surface area contributed by atoms with Crippen LogP contribution in [0.15, 0.2) is 30.3 Å². The lowest BCUT2D eigenvalue weighted by molar-refractivity contribution is -0.160. The second kappa shape index (κ2) is 17.5. The van der Waals surface area contributed by atoms with Gasteiger partial charge in [0.1, 0.15) is 42.7 Å². The molecule has 1 aromatic carbocycles. The van der Waals surface area contributed by atoms with Crippen molar-refractivity contribution in [3.05, 3.63) is 35.9 Å². The first-order chi connectivity index (χ1) is 20.8. The lowest BCUT2D eigenvalue weighted by Crippen LogP contribution is -2.59. The fourth-order valence-electron chi connectivity index (χ4n) is 4.33. The molecule has 0 amide bonds. The van der Waals surface area contributed by atoms with Gasteiger partial charge in [-0.1, -0.05) is 71.9 Å². The van der Waals surface area contributed by atoms with Crippen LogP contribution in [0.5, 0.6) is 0 Å². The third-order valence-corrected chi connectivity index (χ3v) is 18.7. The summed E-state index contributed by atoms with van der Waals surface area (Å²) in [4.78, 5) is 0. The number of hydrogen-bond donors (Lipinski definition) is 4. The first kappa shape index (κ1) is 41.0. The summed E-state index contributed by atoms with van der Waals surface area (Å²) in [5, 5.41) is 34.6. The smallest absolute Gasteiger partial charge is 0.192 e. The summed E-state index contributed by atoms with van der Waals surface area (Å²) in [5.74, 6) is 0. The molecule has 8 atom stereocenters. The van der Waals surface area contributed by atoms with E-state index >= 15 is 0 Å². The van der Waals surface area contributed by atoms with Gasteiger partial charge in [-0.15, -0.1) is 23.2 Å². The Morgan fingerprint density at radius 1 is 0.778 bits per heavy atom. The number of halogens is 2. The van der Waals surface area contributed by atoms with Crippen molar-refractivity contribution in [2.75, 3.05) is 31.8 Å². The summed E-state index contributed by atoms with van der Waals surface area (Å²) in [6.45, 7) is 24.3. The molecule has 0 aliphatic carbocycles. The molecule has 13 heteroatoms. The molecule has 0 unspecified atom stereocenters. The van der Waals surface area contributed by atoms with Crippen molar-refractivity contribution in [1.82, 2.24) is 5.32 Å². The van der Waals surface area contributed by atoms with Crippen LogP contribution in [0.25, 0.3) is 0 Å². The van der Waals surface area contributed by atoms with Crippen LogP contribution >= 0.6 is 23.2 Å². The van der Waals surface area contributed by atoms with Crippen molar-refractivity contribution in [2.24, 2.45) is 0 Å². The second-order valence-electron chi connectivity index (χ2n) is 15.1. The molecule has 3 saturated heterocycles. The molecule has 3 heterocycles. The molecule has 0 saturated carbocycles. The Kier molecular flexibility index (Phi) is 16.0. The first-order valence-electron chi connectivity index (χ1n) is 15.9. The Hall–Kier alpha value is -0.126. The highest BCUT2D eigenvalue weighted by Gasteiger charge is 2.52. The van der Waals surface area contributed by atoms with E-state index in [9.17, 15) is 15.3 Å². The van der Waals surface area contributed by atoms with Gasteiger partial charge < -0.3 is 43.7 Å². The molecule has 0 bridgehead atoms. The summed E-state index contributed by atoms with van der Waals surface area (Å²) >= 11 is 9.53. The number of epoxide rings is 1. The van der Waals surface area contributed by atoms with E-state index in [1.165, 1.54) is 0 Å². The molecule has 3 fully saturated rings. The van der Waals surface area contributed by atoms with E-state index in [0.717, 1.165) is 5.56 Å². The molecule has 4 N–H and O–H groups in total. The van der Waals surface area contributed by atoms with Gasteiger partial charge in [0, 0.05) is 6.54 Å². The zero-order valence-corrected chi connectivity index (χ0v) is 32.4. The van der Waals surface area contributed by atoms with Gasteiger partial charge in [-0.2, -0.15) is 0 Å². The molecule has 262 valence electrons. The van der Waals surface area contributed by atoms with Crippen molar-refractivity contribution >= 4 is 39.8 Å². The fourth-order valence-corrected chi connectivity index (χ4v) is 6.36. The number of aliphatic hydroxyl groups excluding tert-OH is 3. The fraction of sp³-hybridized carbons (Fsp3) is 0.812. The molecule has 0 radical (unpaired) electrons. The molecular weight excluding hydrogens is 653 g/mol. The van der Waals surface area contributed by atoms with Crippen molar-refractivity contribution in [3.63, 3.8) is 0 Å². The molecule has 45 heavy (non-hydrogen) atoms. The van der Waals surface area contributed by atoms with Crippen LogP contribution < -0.4 is 5.32 Å². The number of hydrogen-bond acceptors (Lipinski definition) is 9. The minimum atomic E-state index is -1.91. The topological polar surface area (TPSA) is 122 Å². The van der Waals surface area contributed by atoms with Crippen molar-refractivity contribution in [2.45, 2.75) is 133 Å². The Balaban J connectivity index is 0.000000305. The number of alkyl halides is 2. The van der Waals surface area contributed by atoms with Crippen LogP contribution in [-0.4, -0.2) is 112 Å². The van der Waals surface area contributed by atoms with Crippen LogP contribution in [0.2, 0.25) is 36.3 Å². The molecule has 0 aromatic heterocycles. The van der Waals surface area contributed by atoms with Crippen LogP contribution in [-0.2, 0) is 29.6 Å². The van der Waals surface area contributed by atoms with E-state index < -0.39 is 41.1 Å². The number of aliphatic hydroxyl groups is 3. The van der Waals surface area contributed by atoms with Gasteiger partial charge in [-0.25, -0.2) is 0 Å². The summed E-state index contributed by atoms with van der Waals surface area (Å²) in [5.41, 5.74) is 1.13. The number of rotatable bonds is 9. The van der Waals surface area contributed by atoms with Gasteiger partial charge in [-0.3, -0.25) is 0 Å². The van der Waals surface area contributed by atoms with E-state index in [1.807, 2.05) is 30.3 Å². The lowest BCUT2D eigenvalue weighted by atomic mass is 9.98. The molecule has 1 aromatic rings. The number of ether oxygens (including phenoxy) is 3. The van der Waals surface area contributed by atoms with Crippen molar-refractivity contribution in [1.29, 1.82) is 0 Å². The third kappa shape index (κ3) is 12.4. The lowest BCUT2D eigenvalue weighted by Gasteiger charge is -2.41. The van der Waals surface area contributed by atoms with Gasteiger partial charge >= 0.3 is 0 Å². The first-order valence-corrected chi connectivity index (χ1v) is 22.7. The Labute approximate surface area is 283 Å². The molecule has 9 nitrogen and oxygen atoms in total. The minimum Gasteiger partial charge on any atom is -0.414 e. The number of fused-ring (bicyclic) bond motifs is 1. The summed E-state index contributed by atoms with van der Waals surface area (Å²) in [6, 6.07) is 9.69. The van der Waals surface area contributed by atoms with E-state index in [0.29, 0.717) is 33.0 Å². The Morgan fingerprint density at radius 3 is 1.73 bits per heavy atom. The predicted molar refractivity (Wildman–Crippen MR) is 186 cm³/mol. The van der Waals surface area contributed by atoms with Crippen LogP contribution in [0, 0.1) is 0 Å². The molecule has 3 aliphatic rings. The van der Waals surface area contributed by atoms with E-state index in [-0.39, 0.29) is 39.8 Å². The molecule has 4 rings (SSSR count). The summed E-state index contributed by atoms with van der Waals surface area (Å²) in [7, 11) is -3.66. The number of nitrogens with one attached hydrogen (secondary N) is 1. The van der Waals surface area contributed by atoms with Crippen LogP contribution in [0.4, 0.5) is 0 Å². The van der Waals surface area contributed by atoms with Gasteiger partial charge in [0.2, 0.25) is 0 Å². The molecular formula is C32H59Cl2NO8Si2. The summed E-state index contributed by atoms with van der Waals surface area (Å²) < 4.78 is 28.9. The van der Waals surface area contributed by atoms with Gasteiger partial charge in [0.25, 0.3) is 0 Å². The molecule has 3 aliphatic heterocycles. The average Bonchev–Trinajstić information content (AvgIpc) is 3.74. The predicted octanol–water partition coefficient (Wildman–Crippen LogP) is 5.24. The van der Waals surface area contributed by atoms with Crippen LogP contribution in [0.1, 0.15) is 47.1 Å². The van der Waals surface area contributed by atoms with Crippen LogP contribution in [0.3, 0.4) is 0 Å². The van der Waals surface area contributed by atoms with Crippen molar-refractivity contribution in [3.8, 4) is 0 Å². The zero-order chi connectivity index (χ0) is 34.2. The van der Waals surface area contributed by atoms with E-state index in [1.54, 1.807) is 0 Å². The third-order valence-electron chi connectivity index (χ3n) is 9.69. The van der Waals surface area contributed by atoms with Crippen molar-refractivity contribution < 1.29 is 38.4 Å². The Bertz CT molecular complexity index is 996. The maximum absolute atomic E-state index is 10.4. The van der Waals surface area contributed by atoms with Gasteiger partial charge in [0.15, 0.2) is 16.6 Å². The quantitative estimate of drug-likeness (QED) is 0.155. The second-order valence-corrected chi connectivity index (χ2v) is 25.5. The number of benzene rings is 1.